The molecule has 1 aromatic rings. The van der Waals surface area contributed by atoms with Crippen LogP contribution in [0.3, 0.4) is 0 Å². The third-order valence-electron chi connectivity index (χ3n) is 3.10. The van der Waals surface area contributed by atoms with Gasteiger partial charge in [0.2, 0.25) is 0 Å². The molecule has 138 valence electrons. The van der Waals surface area contributed by atoms with Crippen LogP contribution in [0.15, 0.2) is 12.4 Å². The molecule has 24 heavy (non-hydrogen) atoms. The predicted octanol–water partition coefficient (Wildman–Crippen LogP) is -3.06. The standard InChI is InChI=1S/C14H24N2O8/c17-3-11(19)13(21)7-23-5-9-1-15-10(2-16-9)6-24-8-14(22)12(20)4-18/h1-2,11-14,17-22H,3-8H2. The van der Waals surface area contributed by atoms with Crippen LogP contribution in [0.4, 0.5) is 0 Å². The van der Waals surface area contributed by atoms with Gasteiger partial charge in [-0.25, -0.2) is 0 Å². The van der Waals surface area contributed by atoms with Crippen molar-refractivity contribution in [1.29, 1.82) is 0 Å². The lowest BCUT2D eigenvalue weighted by molar-refractivity contribution is -0.0610. The number of hydrogen-bond donors (Lipinski definition) is 6. The molecular weight excluding hydrogens is 324 g/mol. The third kappa shape index (κ3) is 7.55. The largest absolute Gasteiger partial charge is 0.394 e. The maximum Gasteiger partial charge on any atom is 0.105 e. The second-order valence-electron chi connectivity index (χ2n) is 5.16. The van der Waals surface area contributed by atoms with E-state index in [1.54, 1.807) is 0 Å². The SMILES string of the molecule is OCC(O)C(O)COCc1cnc(COCC(O)C(O)CO)cn1. The number of hydrogen-bond acceptors (Lipinski definition) is 10. The van der Waals surface area contributed by atoms with Gasteiger partial charge in [-0.2, -0.15) is 0 Å². The fraction of sp³-hybridized carbons (Fsp3) is 0.714. The first-order valence-corrected chi connectivity index (χ1v) is 7.37. The molecule has 0 aliphatic rings. The van der Waals surface area contributed by atoms with E-state index >= 15 is 0 Å². The average Bonchev–Trinajstić information content (AvgIpc) is 2.61. The molecule has 1 heterocycles. The molecule has 4 atom stereocenters. The molecular formula is C14H24N2O8. The van der Waals surface area contributed by atoms with Crippen molar-refractivity contribution in [2.24, 2.45) is 0 Å². The van der Waals surface area contributed by atoms with E-state index in [1.807, 2.05) is 0 Å². The van der Waals surface area contributed by atoms with Crippen LogP contribution in [-0.2, 0) is 22.7 Å². The Morgan fingerprint density at radius 2 is 1.08 bits per heavy atom. The molecule has 0 fully saturated rings. The minimum atomic E-state index is -1.25. The van der Waals surface area contributed by atoms with Crippen LogP contribution in [0.1, 0.15) is 11.4 Å². The van der Waals surface area contributed by atoms with E-state index in [4.69, 9.17) is 29.9 Å². The minimum absolute atomic E-state index is 0.0742. The molecule has 4 unspecified atom stereocenters. The van der Waals surface area contributed by atoms with E-state index in [9.17, 15) is 10.2 Å². The van der Waals surface area contributed by atoms with E-state index in [-0.39, 0.29) is 26.4 Å². The van der Waals surface area contributed by atoms with Crippen molar-refractivity contribution in [2.45, 2.75) is 37.6 Å². The van der Waals surface area contributed by atoms with Crippen LogP contribution in [0.5, 0.6) is 0 Å². The van der Waals surface area contributed by atoms with E-state index in [2.05, 4.69) is 9.97 Å². The van der Waals surface area contributed by atoms with Gasteiger partial charge in [0.05, 0.1) is 63.4 Å². The Morgan fingerprint density at radius 1 is 0.708 bits per heavy atom. The first kappa shape index (κ1) is 20.8. The maximum atomic E-state index is 9.40. The highest BCUT2D eigenvalue weighted by Gasteiger charge is 2.16. The van der Waals surface area contributed by atoms with Crippen LogP contribution in [0, 0.1) is 0 Å². The number of nitrogens with zero attached hydrogens (tertiary/aromatic N) is 2. The van der Waals surface area contributed by atoms with Gasteiger partial charge in [0.25, 0.3) is 0 Å². The summed E-state index contributed by atoms with van der Waals surface area (Å²) in [5.41, 5.74) is 1.00. The van der Waals surface area contributed by atoms with Gasteiger partial charge in [-0.15, -0.1) is 0 Å². The second-order valence-corrected chi connectivity index (χ2v) is 5.16. The quantitative estimate of drug-likeness (QED) is 0.228. The van der Waals surface area contributed by atoms with Crippen molar-refractivity contribution >= 4 is 0 Å². The Balaban J connectivity index is 2.28. The molecule has 0 aliphatic carbocycles. The summed E-state index contributed by atoms with van der Waals surface area (Å²) >= 11 is 0. The monoisotopic (exact) mass is 348 g/mol. The fourth-order valence-corrected chi connectivity index (χ4v) is 1.56. The summed E-state index contributed by atoms with van der Waals surface area (Å²) in [6.07, 6.45) is -1.97. The van der Waals surface area contributed by atoms with E-state index in [0.717, 1.165) is 0 Å². The molecule has 0 aromatic carbocycles. The molecule has 6 N–H and O–H groups in total. The van der Waals surface area contributed by atoms with Crippen molar-refractivity contribution < 1.29 is 40.1 Å². The maximum absolute atomic E-state index is 9.40. The van der Waals surface area contributed by atoms with Crippen molar-refractivity contribution in [3.05, 3.63) is 23.8 Å². The van der Waals surface area contributed by atoms with Gasteiger partial charge in [0.15, 0.2) is 0 Å². The fourth-order valence-electron chi connectivity index (χ4n) is 1.56. The summed E-state index contributed by atoms with van der Waals surface area (Å²) in [5.74, 6) is 0. The van der Waals surface area contributed by atoms with Crippen molar-refractivity contribution in [1.82, 2.24) is 9.97 Å². The smallest absolute Gasteiger partial charge is 0.105 e. The zero-order valence-electron chi connectivity index (χ0n) is 13.1. The highest BCUT2D eigenvalue weighted by Crippen LogP contribution is 2.02. The average molecular weight is 348 g/mol. The molecule has 0 amide bonds. The highest BCUT2D eigenvalue weighted by molar-refractivity contribution is 5.00. The first-order chi connectivity index (χ1) is 11.5. The second kappa shape index (κ2) is 11.3. The van der Waals surface area contributed by atoms with Crippen molar-refractivity contribution in [3.63, 3.8) is 0 Å². The third-order valence-corrected chi connectivity index (χ3v) is 3.10. The van der Waals surface area contributed by atoms with Gasteiger partial charge in [-0.05, 0) is 0 Å². The molecule has 1 rings (SSSR count). The molecule has 0 bridgehead atoms. The molecule has 1 aromatic heterocycles. The lowest BCUT2D eigenvalue weighted by atomic mass is 10.2. The van der Waals surface area contributed by atoms with Gasteiger partial charge in [0, 0.05) is 0 Å². The number of aromatic nitrogens is 2. The van der Waals surface area contributed by atoms with E-state index in [1.165, 1.54) is 12.4 Å². The summed E-state index contributed by atoms with van der Waals surface area (Å²) in [6.45, 7) is -1.26. The normalized spacial score (nSPS) is 16.6. The van der Waals surface area contributed by atoms with Crippen molar-refractivity contribution in [3.8, 4) is 0 Å². The molecule has 0 spiro atoms. The van der Waals surface area contributed by atoms with Crippen LogP contribution in [0.2, 0.25) is 0 Å². The zero-order valence-corrected chi connectivity index (χ0v) is 13.1. The molecule has 0 aliphatic heterocycles. The van der Waals surface area contributed by atoms with Gasteiger partial charge < -0.3 is 40.1 Å². The van der Waals surface area contributed by atoms with Gasteiger partial charge in [0.1, 0.15) is 24.4 Å². The topological polar surface area (TPSA) is 166 Å². The number of ether oxygens (including phenoxy) is 2. The number of aliphatic hydroxyl groups excluding tert-OH is 6. The lowest BCUT2D eigenvalue weighted by Crippen LogP contribution is -2.33. The Morgan fingerprint density at radius 3 is 1.38 bits per heavy atom. The molecule has 10 nitrogen and oxygen atoms in total. The van der Waals surface area contributed by atoms with Crippen molar-refractivity contribution in [2.75, 3.05) is 26.4 Å². The van der Waals surface area contributed by atoms with Crippen LogP contribution in [0.25, 0.3) is 0 Å². The Labute approximate surface area is 139 Å². The molecule has 0 saturated heterocycles. The first-order valence-electron chi connectivity index (χ1n) is 7.37. The minimum Gasteiger partial charge on any atom is -0.394 e. The van der Waals surface area contributed by atoms with Gasteiger partial charge in [-0.1, -0.05) is 0 Å². The molecule has 0 saturated carbocycles. The van der Waals surface area contributed by atoms with E-state index < -0.39 is 37.6 Å². The lowest BCUT2D eigenvalue weighted by Gasteiger charge is -2.15. The zero-order chi connectivity index (χ0) is 17.9. The van der Waals surface area contributed by atoms with Crippen LogP contribution < -0.4 is 0 Å². The molecule has 10 heteroatoms. The number of aliphatic hydroxyl groups is 6. The van der Waals surface area contributed by atoms with Crippen LogP contribution in [-0.4, -0.2) is 91.5 Å². The van der Waals surface area contributed by atoms with Crippen LogP contribution >= 0.6 is 0 Å². The Bertz CT molecular complexity index is 406. The summed E-state index contributed by atoms with van der Waals surface area (Å²) in [7, 11) is 0. The summed E-state index contributed by atoms with van der Waals surface area (Å²) in [4.78, 5) is 8.15. The summed E-state index contributed by atoms with van der Waals surface area (Å²) in [5, 5.41) is 54.4. The Hall–Kier alpha value is -1.24. The predicted molar refractivity (Wildman–Crippen MR) is 79.5 cm³/mol. The summed E-state index contributed by atoms with van der Waals surface area (Å²) in [6, 6.07) is 0. The molecule has 0 radical (unpaired) electrons. The van der Waals surface area contributed by atoms with Gasteiger partial charge in [-0.3, -0.25) is 9.97 Å². The van der Waals surface area contributed by atoms with Gasteiger partial charge >= 0.3 is 0 Å². The summed E-state index contributed by atoms with van der Waals surface area (Å²) < 4.78 is 10.3. The Kier molecular flexibility index (Phi) is 9.83. The highest BCUT2D eigenvalue weighted by atomic mass is 16.5. The van der Waals surface area contributed by atoms with E-state index in [0.29, 0.717) is 11.4 Å². The number of rotatable bonds is 12.